The van der Waals surface area contributed by atoms with E-state index in [9.17, 15) is 9.59 Å². The van der Waals surface area contributed by atoms with Crippen LogP contribution in [0.2, 0.25) is 0 Å². The quantitative estimate of drug-likeness (QED) is 0.678. The predicted molar refractivity (Wildman–Crippen MR) is 91.4 cm³/mol. The van der Waals surface area contributed by atoms with Gasteiger partial charge in [0, 0.05) is 15.5 Å². The first kappa shape index (κ1) is 16.2. The summed E-state index contributed by atoms with van der Waals surface area (Å²) in [5.41, 5.74) is 1.71. The van der Waals surface area contributed by atoms with Gasteiger partial charge in [-0.3, -0.25) is 9.59 Å². The van der Waals surface area contributed by atoms with Crippen LogP contribution in [0.25, 0.3) is 11.0 Å². The Hall–Kier alpha value is -2.67. The van der Waals surface area contributed by atoms with Crippen molar-refractivity contribution < 1.29 is 18.8 Å². The van der Waals surface area contributed by atoms with E-state index in [4.69, 9.17) is 9.26 Å². The molecule has 0 radical (unpaired) electrons. The lowest BCUT2D eigenvalue weighted by atomic mass is 10.2. The number of para-hydroxylation sites is 1. The summed E-state index contributed by atoms with van der Waals surface area (Å²) in [6, 6.07) is 14.4. The van der Waals surface area contributed by atoms with Crippen molar-refractivity contribution in [1.29, 1.82) is 0 Å². The van der Waals surface area contributed by atoms with E-state index in [0.29, 0.717) is 17.0 Å². The van der Waals surface area contributed by atoms with Gasteiger partial charge >= 0.3 is 5.97 Å². The Balaban J connectivity index is 1.53. The van der Waals surface area contributed by atoms with Crippen LogP contribution < -0.4 is 5.32 Å². The zero-order valence-corrected chi connectivity index (χ0v) is 14.1. The molecule has 7 heteroatoms. The van der Waals surface area contributed by atoms with E-state index in [-0.39, 0.29) is 13.0 Å². The molecular weight excluding hydrogens is 376 g/mol. The minimum absolute atomic E-state index is 0.0544. The predicted octanol–water partition coefficient (Wildman–Crippen LogP) is 3.31. The fourth-order valence-corrected chi connectivity index (χ4v) is 2.56. The third-order valence-corrected chi connectivity index (χ3v) is 3.73. The Bertz CT molecular complexity index is 891. The zero-order chi connectivity index (χ0) is 16.9. The molecule has 0 aliphatic rings. The molecule has 0 aliphatic heterocycles. The van der Waals surface area contributed by atoms with Crippen LogP contribution in [0.1, 0.15) is 5.69 Å². The van der Waals surface area contributed by atoms with Gasteiger partial charge in [-0.05, 0) is 30.3 Å². The number of hydrogen-bond acceptors (Lipinski definition) is 5. The Morgan fingerprint density at radius 2 is 2.00 bits per heavy atom. The minimum Gasteiger partial charge on any atom is -0.455 e. The second-order valence-electron chi connectivity index (χ2n) is 5.02. The fraction of sp³-hybridized carbons (Fsp3) is 0.118. The molecule has 122 valence electrons. The first-order valence-corrected chi connectivity index (χ1v) is 7.95. The van der Waals surface area contributed by atoms with Crippen LogP contribution >= 0.6 is 15.9 Å². The molecule has 0 fully saturated rings. The summed E-state index contributed by atoms with van der Waals surface area (Å²) in [7, 11) is 0. The summed E-state index contributed by atoms with van der Waals surface area (Å²) in [5.74, 6) is -0.954. The number of carbonyl (C=O) groups is 2. The molecule has 0 spiro atoms. The number of esters is 1. The van der Waals surface area contributed by atoms with Gasteiger partial charge in [-0.15, -0.1) is 0 Å². The van der Waals surface area contributed by atoms with E-state index >= 15 is 0 Å². The summed E-state index contributed by atoms with van der Waals surface area (Å²) in [6.07, 6.45) is -0.0544. The van der Waals surface area contributed by atoms with Gasteiger partial charge in [0.2, 0.25) is 0 Å². The summed E-state index contributed by atoms with van der Waals surface area (Å²) >= 11 is 3.31. The first-order valence-electron chi connectivity index (χ1n) is 7.16. The lowest BCUT2D eigenvalue weighted by Gasteiger charge is -2.06. The number of carbonyl (C=O) groups excluding carboxylic acids is 2. The molecule has 3 aromatic rings. The molecule has 1 heterocycles. The Labute approximate surface area is 145 Å². The molecule has 6 nitrogen and oxygen atoms in total. The van der Waals surface area contributed by atoms with Gasteiger partial charge in [-0.25, -0.2) is 0 Å². The number of hydrogen-bond donors (Lipinski definition) is 1. The van der Waals surface area contributed by atoms with Crippen molar-refractivity contribution in [3.05, 3.63) is 58.7 Å². The van der Waals surface area contributed by atoms with Gasteiger partial charge in [-0.2, -0.15) is 0 Å². The maximum atomic E-state index is 11.9. The molecule has 1 aromatic heterocycles. The van der Waals surface area contributed by atoms with E-state index in [2.05, 4.69) is 26.4 Å². The monoisotopic (exact) mass is 388 g/mol. The van der Waals surface area contributed by atoms with Crippen molar-refractivity contribution in [2.75, 3.05) is 11.9 Å². The van der Waals surface area contributed by atoms with E-state index in [0.717, 1.165) is 9.86 Å². The van der Waals surface area contributed by atoms with E-state index < -0.39 is 11.9 Å². The molecule has 0 saturated heterocycles. The number of ether oxygens (including phenoxy) is 1. The van der Waals surface area contributed by atoms with Gasteiger partial charge in [0.1, 0.15) is 5.69 Å². The highest BCUT2D eigenvalue weighted by atomic mass is 79.9. The van der Waals surface area contributed by atoms with E-state index in [1.54, 1.807) is 24.3 Å². The molecule has 0 saturated carbocycles. The van der Waals surface area contributed by atoms with Crippen LogP contribution in [0, 0.1) is 0 Å². The maximum Gasteiger partial charge on any atom is 0.312 e. The Morgan fingerprint density at radius 1 is 1.17 bits per heavy atom. The number of rotatable bonds is 5. The summed E-state index contributed by atoms with van der Waals surface area (Å²) in [4.78, 5) is 23.7. The number of nitrogens with one attached hydrogen (secondary N) is 1. The number of fused-ring (bicyclic) bond motifs is 1. The highest BCUT2D eigenvalue weighted by Crippen LogP contribution is 2.18. The second-order valence-corrected chi connectivity index (χ2v) is 5.94. The molecule has 1 amide bonds. The molecule has 0 aliphatic carbocycles. The number of amides is 1. The average molecular weight is 389 g/mol. The standard InChI is InChI=1S/C17H13BrN2O4/c18-11-4-3-5-12(8-11)19-16(21)10-23-17(22)9-14-13-6-1-2-7-15(13)24-20-14/h1-8H,9-10H2,(H,19,21). The molecular formula is C17H13BrN2O4. The fourth-order valence-electron chi connectivity index (χ4n) is 2.16. The Kier molecular flexibility index (Phi) is 4.90. The molecule has 0 unspecified atom stereocenters. The molecule has 3 rings (SSSR count). The Morgan fingerprint density at radius 3 is 2.83 bits per heavy atom. The largest absolute Gasteiger partial charge is 0.455 e. The van der Waals surface area contributed by atoms with Gasteiger partial charge in [0.05, 0.1) is 6.42 Å². The molecule has 0 bridgehead atoms. The number of anilines is 1. The smallest absolute Gasteiger partial charge is 0.312 e. The number of halogens is 1. The highest BCUT2D eigenvalue weighted by molar-refractivity contribution is 9.10. The van der Waals surface area contributed by atoms with Crippen molar-refractivity contribution in [1.82, 2.24) is 5.16 Å². The van der Waals surface area contributed by atoms with Gasteiger partial charge in [0.15, 0.2) is 12.2 Å². The molecule has 1 N–H and O–H groups in total. The SMILES string of the molecule is O=C(COC(=O)Cc1noc2ccccc12)Nc1cccc(Br)c1. The van der Waals surface area contributed by atoms with Crippen molar-refractivity contribution in [2.45, 2.75) is 6.42 Å². The molecule has 24 heavy (non-hydrogen) atoms. The van der Waals surface area contributed by atoms with Crippen LogP contribution in [0.5, 0.6) is 0 Å². The zero-order valence-electron chi connectivity index (χ0n) is 12.5. The molecule has 0 atom stereocenters. The van der Waals surface area contributed by atoms with Crippen molar-refractivity contribution in [3.63, 3.8) is 0 Å². The van der Waals surface area contributed by atoms with Gasteiger partial charge < -0.3 is 14.6 Å². The summed E-state index contributed by atoms with van der Waals surface area (Å²) in [5, 5.41) is 7.26. The first-order chi connectivity index (χ1) is 11.6. The van der Waals surface area contributed by atoms with Crippen molar-refractivity contribution in [3.8, 4) is 0 Å². The summed E-state index contributed by atoms with van der Waals surface area (Å²) < 4.78 is 11.0. The highest BCUT2D eigenvalue weighted by Gasteiger charge is 2.14. The van der Waals surface area contributed by atoms with Crippen LogP contribution in [-0.4, -0.2) is 23.6 Å². The van der Waals surface area contributed by atoms with Crippen molar-refractivity contribution in [2.24, 2.45) is 0 Å². The van der Waals surface area contributed by atoms with Gasteiger partial charge in [-0.1, -0.05) is 39.3 Å². The van der Waals surface area contributed by atoms with Crippen LogP contribution in [0.15, 0.2) is 57.5 Å². The maximum absolute atomic E-state index is 11.9. The number of benzene rings is 2. The number of nitrogens with zero attached hydrogens (tertiary/aromatic N) is 1. The van der Waals surface area contributed by atoms with Crippen molar-refractivity contribution >= 4 is 44.5 Å². The lowest BCUT2D eigenvalue weighted by molar-refractivity contribution is -0.146. The second kappa shape index (κ2) is 7.27. The minimum atomic E-state index is -0.543. The normalized spacial score (nSPS) is 10.5. The van der Waals surface area contributed by atoms with E-state index in [1.165, 1.54) is 0 Å². The topological polar surface area (TPSA) is 81.4 Å². The third kappa shape index (κ3) is 3.99. The average Bonchev–Trinajstić information content (AvgIpc) is 2.96. The van der Waals surface area contributed by atoms with Gasteiger partial charge in [0.25, 0.3) is 5.91 Å². The lowest BCUT2D eigenvalue weighted by Crippen LogP contribution is -2.21. The van der Waals surface area contributed by atoms with Crippen LogP contribution in [0.4, 0.5) is 5.69 Å². The van der Waals surface area contributed by atoms with Crippen LogP contribution in [-0.2, 0) is 20.7 Å². The number of aromatic nitrogens is 1. The van der Waals surface area contributed by atoms with Crippen LogP contribution in [0.3, 0.4) is 0 Å². The third-order valence-electron chi connectivity index (χ3n) is 3.24. The molecule has 2 aromatic carbocycles. The van der Waals surface area contributed by atoms with E-state index in [1.807, 2.05) is 24.3 Å². The summed E-state index contributed by atoms with van der Waals surface area (Å²) in [6.45, 7) is -0.360.